The van der Waals surface area contributed by atoms with E-state index in [2.05, 4.69) is 15.6 Å². The Morgan fingerprint density at radius 2 is 2.03 bits per heavy atom. The molecule has 33 heavy (non-hydrogen) atoms. The summed E-state index contributed by atoms with van der Waals surface area (Å²) >= 11 is 1.22. The molecule has 0 radical (unpaired) electrons. The number of amides is 2. The SMILES string of the molecule is CC(C)Oc1ccc(Nc2ccnc3sc(C(=O)NC4CCCN(C(=O)O)C4)c(N)c23)cc1. The van der Waals surface area contributed by atoms with E-state index < -0.39 is 6.09 Å². The van der Waals surface area contributed by atoms with E-state index in [-0.39, 0.29) is 24.6 Å². The lowest BCUT2D eigenvalue weighted by molar-refractivity contribution is 0.0893. The quantitative estimate of drug-likeness (QED) is 0.424. The van der Waals surface area contributed by atoms with Crippen LogP contribution in [-0.2, 0) is 0 Å². The molecule has 2 amide bonds. The molecule has 5 N–H and O–H groups in total. The van der Waals surface area contributed by atoms with Crippen molar-refractivity contribution in [3.05, 3.63) is 41.4 Å². The lowest BCUT2D eigenvalue weighted by atomic mass is 10.1. The Balaban J connectivity index is 1.53. The number of carbonyl (C=O) groups is 2. The van der Waals surface area contributed by atoms with Gasteiger partial charge in [-0.25, -0.2) is 9.78 Å². The van der Waals surface area contributed by atoms with E-state index in [0.29, 0.717) is 33.7 Å². The van der Waals surface area contributed by atoms with Gasteiger partial charge in [0.05, 0.1) is 22.9 Å². The Labute approximate surface area is 195 Å². The highest BCUT2D eigenvalue weighted by Crippen LogP contribution is 2.38. The highest BCUT2D eigenvalue weighted by molar-refractivity contribution is 7.21. The van der Waals surface area contributed by atoms with E-state index in [1.807, 2.05) is 44.2 Å². The Morgan fingerprint density at radius 3 is 2.73 bits per heavy atom. The minimum absolute atomic E-state index is 0.0969. The molecule has 0 saturated carbocycles. The predicted molar refractivity (Wildman–Crippen MR) is 130 cm³/mol. The molecule has 0 bridgehead atoms. The molecule has 1 aliphatic heterocycles. The number of thiophene rings is 1. The Bertz CT molecular complexity index is 1160. The summed E-state index contributed by atoms with van der Waals surface area (Å²) in [5.41, 5.74) is 8.36. The molecule has 174 valence electrons. The van der Waals surface area contributed by atoms with Crippen LogP contribution < -0.4 is 21.1 Å². The molecule has 0 spiro atoms. The summed E-state index contributed by atoms with van der Waals surface area (Å²) in [6.45, 7) is 4.70. The molecule has 3 heterocycles. The van der Waals surface area contributed by atoms with Crippen LogP contribution in [0.15, 0.2) is 36.5 Å². The summed E-state index contributed by atoms with van der Waals surface area (Å²) in [5, 5.41) is 16.2. The Morgan fingerprint density at radius 1 is 1.27 bits per heavy atom. The number of aromatic nitrogens is 1. The van der Waals surface area contributed by atoms with Gasteiger partial charge in [0, 0.05) is 31.0 Å². The summed E-state index contributed by atoms with van der Waals surface area (Å²) < 4.78 is 5.68. The number of hydrogen-bond donors (Lipinski definition) is 4. The zero-order valence-corrected chi connectivity index (χ0v) is 19.3. The van der Waals surface area contributed by atoms with Gasteiger partial charge in [-0.05, 0) is 57.0 Å². The number of likely N-dealkylation sites (tertiary alicyclic amines) is 1. The predicted octanol–water partition coefficient (Wildman–Crippen LogP) is 4.28. The number of pyridine rings is 1. The van der Waals surface area contributed by atoms with Gasteiger partial charge in [0.2, 0.25) is 0 Å². The maximum Gasteiger partial charge on any atom is 0.407 e. The van der Waals surface area contributed by atoms with Gasteiger partial charge in [-0.15, -0.1) is 11.3 Å². The molecule has 2 aromatic heterocycles. The minimum atomic E-state index is -0.973. The number of anilines is 3. The summed E-state index contributed by atoms with van der Waals surface area (Å²) in [6.07, 6.45) is 2.22. The number of fused-ring (bicyclic) bond motifs is 1. The van der Waals surface area contributed by atoms with Crippen LogP contribution in [0.1, 0.15) is 36.4 Å². The number of carboxylic acid groups (broad SMARTS) is 1. The minimum Gasteiger partial charge on any atom is -0.491 e. The highest BCUT2D eigenvalue weighted by atomic mass is 32.1. The third-order valence-corrected chi connectivity index (χ3v) is 6.48. The molecule has 1 aromatic carbocycles. The van der Waals surface area contributed by atoms with Gasteiger partial charge in [0.15, 0.2) is 0 Å². The highest BCUT2D eigenvalue weighted by Gasteiger charge is 2.27. The van der Waals surface area contributed by atoms with Crippen LogP contribution in [0.25, 0.3) is 10.2 Å². The van der Waals surface area contributed by atoms with E-state index in [9.17, 15) is 14.7 Å². The van der Waals surface area contributed by atoms with Gasteiger partial charge in [-0.2, -0.15) is 0 Å². The molecular weight excluding hydrogens is 442 g/mol. The van der Waals surface area contributed by atoms with Crippen LogP contribution in [-0.4, -0.2) is 52.2 Å². The van der Waals surface area contributed by atoms with Crippen LogP contribution in [0.2, 0.25) is 0 Å². The summed E-state index contributed by atoms with van der Waals surface area (Å²) in [6, 6.07) is 9.18. The average Bonchev–Trinajstić information content (AvgIpc) is 3.12. The average molecular weight is 470 g/mol. The Kier molecular flexibility index (Phi) is 6.55. The number of nitrogens with zero attached hydrogens (tertiary/aromatic N) is 2. The normalized spacial score (nSPS) is 16.1. The smallest absolute Gasteiger partial charge is 0.407 e. The standard InChI is InChI=1S/C23H27N5O4S/c1-13(2)32-16-7-5-14(6-8-16)26-17-9-10-25-22-18(17)19(24)20(33-22)21(29)27-15-4-3-11-28(12-15)23(30)31/h5-10,13,15H,3-4,11-12,24H2,1-2H3,(H,25,26)(H,27,29)(H,30,31). The maximum atomic E-state index is 13.0. The van der Waals surface area contributed by atoms with Gasteiger partial charge in [0.25, 0.3) is 5.91 Å². The van der Waals surface area contributed by atoms with Crippen molar-refractivity contribution in [2.45, 2.75) is 38.8 Å². The molecule has 1 unspecified atom stereocenters. The van der Waals surface area contributed by atoms with Crippen molar-refractivity contribution in [1.29, 1.82) is 0 Å². The molecule has 10 heteroatoms. The van der Waals surface area contributed by atoms with Crippen molar-refractivity contribution < 1.29 is 19.4 Å². The molecular formula is C23H27N5O4S. The number of piperidine rings is 1. The maximum absolute atomic E-state index is 13.0. The first-order valence-corrected chi connectivity index (χ1v) is 11.6. The van der Waals surface area contributed by atoms with E-state index in [4.69, 9.17) is 10.5 Å². The van der Waals surface area contributed by atoms with Crippen LogP contribution >= 0.6 is 11.3 Å². The largest absolute Gasteiger partial charge is 0.491 e. The topological polar surface area (TPSA) is 130 Å². The van der Waals surface area contributed by atoms with Crippen molar-refractivity contribution in [2.24, 2.45) is 0 Å². The Hall–Kier alpha value is -3.53. The monoisotopic (exact) mass is 469 g/mol. The molecule has 9 nitrogen and oxygen atoms in total. The van der Waals surface area contributed by atoms with Crippen molar-refractivity contribution >= 4 is 50.6 Å². The number of rotatable bonds is 6. The molecule has 1 fully saturated rings. The molecule has 3 aromatic rings. The number of nitrogens with one attached hydrogen (secondary N) is 2. The molecule has 4 rings (SSSR count). The zero-order chi connectivity index (χ0) is 23.5. The van der Waals surface area contributed by atoms with Gasteiger partial charge < -0.3 is 31.1 Å². The zero-order valence-electron chi connectivity index (χ0n) is 18.5. The first kappa shape index (κ1) is 22.7. The first-order chi connectivity index (χ1) is 15.8. The number of hydrogen-bond acceptors (Lipinski definition) is 7. The summed E-state index contributed by atoms with van der Waals surface area (Å²) in [4.78, 5) is 31.0. The van der Waals surface area contributed by atoms with Crippen molar-refractivity contribution in [2.75, 3.05) is 24.1 Å². The van der Waals surface area contributed by atoms with E-state index in [1.165, 1.54) is 16.2 Å². The van der Waals surface area contributed by atoms with E-state index in [1.54, 1.807) is 6.20 Å². The third-order valence-electron chi connectivity index (χ3n) is 5.37. The second-order valence-electron chi connectivity index (χ2n) is 8.24. The van der Waals surface area contributed by atoms with Gasteiger partial charge >= 0.3 is 6.09 Å². The molecule has 0 aliphatic carbocycles. The van der Waals surface area contributed by atoms with Crippen molar-refractivity contribution in [1.82, 2.24) is 15.2 Å². The number of benzene rings is 1. The second kappa shape index (κ2) is 9.53. The van der Waals surface area contributed by atoms with Gasteiger partial charge in [-0.3, -0.25) is 4.79 Å². The molecule has 1 aliphatic rings. The summed E-state index contributed by atoms with van der Waals surface area (Å²) in [7, 11) is 0. The van der Waals surface area contributed by atoms with Gasteiger partial charge in [0.1, 0.15) is 15.5 Å². The molecule has 1 atom stereocenters. The third kappa shape index (κ3) is 5.11. The second-order valence-corrected chi connectivity index (χ2v) is 9.24. The van der Waals surface area contributed by atoms with E-state index in [0.717, 1.165) is 23.5 Å². The van der Waals surface area contributed by atoms with Crippen LogP contribution in [0.3, 0.4) is 0 Å². The fourth-order valence-corrected chi connectivity index (χ4v) is 4.87. The first-order valence-electron chi connectivity index (χ1n) is 10.8. The van der Waals surface area contributed by atoms with Crippen molar-refractivity contribution in [3.63, 3.8) is 0 Å². The van der Waals surface area contributed by atoms with Crippen LogP contribution in [0.5, 0.6) is 5.75 Å². The fraction of sp³-hybridized carbons (Fsp3) is 0.348. The van der Waals surface area contributed by atoms with Crippen LogP contribution in [0, 0.1) is 0 Å². The lowest BCUT2D eigenvalue weighted by Crippen LogP contribution is -2.49. The summed E-state index contributed by atoms with van der Waals surface area (Å²) in [5.74, 6) is 0.475. The van der Waals surface area contributed by atoms with Gasteiger partial charge in [-0.1, -0.05) is 0 Å². The number of ether oxygens (including phenoxy) is 1. The van der Waals surface area contributed by atoms with Crippen molar-refractivity contribution in [3.8, 4) is 5.75 Å². The number of carbonyl (C=O) groups excluding carboxylic acids is 1. The molecule has 1 saturated heterocycles. The lowest BCUT2D eigenvalue weighted by Gasteiger charge is -2.31. The van der Waals surface area contributed by atoms with Crippen LogP contribution in [0.4, 0.5) is 21.9 Å². The number of nitrogens with two attached hydrogens (primary N) is 1. The fourth-order valence-electron chi connectivity index (χ4n) is 3.88. The van der Waals surface area contributed by atoms with E-state index >= 15 is 0 Å². The number of nitrogen functional groups attached to an aromatic ring is 1.